The molecule has 0 aromatic heterocycles. The van der Waals surface area contributed by atoms with E-state index in [1.165, 1.54) is 11.0 Å². The Balaban J connectivity index is 1.30. The van der Waals surface area contributed by atoms with E-state index in [0.717, 1.165) is 5.69 Å². The predicted octanol–water partition coefficient (Wildman–Crippen LogP) is 3.10. The van der Waals surface area contributed by atoms with Gasteiger partial charge in [-0.25, -0.2) is 4.90 Å². The van der Waals surface area contributed by atoms with Gasteiger partial charge in [0.2, 0.25) is 17.7 Å². The van der Waals surface area contributed by atoms with Crippen molar-refractivity contribution in [3.63, 3.8) is 0 Å². The third-order valence-corrected chi connectivity index (χ3v) is 6.33. The molecule has 32 heavy (non-hydrogen) atoms. The summed E-state index contributed by atoms with van der Waals surface area (Å²) in [5.41, 5.74) is 1.14. The molecule has 0 N–H and O–H groups in total. The fourth-order valence-electron chi connectivity index (χ4n) is 4.66. The number of anilines is 2. The van der Waals surface area contributed by atoms with E-state index in [0.29, 0.717) is 18.5 Å². The molecule has 0 spiro atoms. The average Bonchev–Trinajstić information content (AvgIpc) is 3.32. The first-order valence-corrected chi connectivity index (χ1v) is 10.7. The SMILES string of the molecule is O=C(Oc1cccc(N2C(=O)[C@H]3CC=CC[C@H]3C2=O)c1)[C@@H]1CC(=O)N(c2ccccc2)C1. The van der Waals surface area contributed by atoms with Crippen LogP contribution in [0.1, 0.15) is 19.3 Å². The molecule has 2 heterocycles. The molecule has 162 valence electrons. The normalized spacial score (nSPS) is 24.8. The van der Waals surface area contributed by atoms with Gasteiger partial charge in [0.25, 0.3) is 0 Å². The van der Waals surface area contributed by atoms with Crippen LogP contribution in [0.5, 0.6) is 5.75 Å². The van der Waals surface area contributed by atoms with Crippen LogP contribution in [0.3, 0.4) is 0 Å². The van der Waals surface area contributed by atoms with E-state index in [1.807, 2.05) is 42.5 Å². The number of para-hydroxylation sites is 1. The molecular weight excluding hydrogens is 408 g/mol. The van der Waals surface area contributed by atoms with Gasteiger partial charge in [-0.2, -0.15) is 0 Å². The zero-order chi connectivity index (χ0) is 22.2. The van der Waals surface area contributed by atoms with Gasteiger partial charge >= 0.3 is 5.97 Å². The summed E-state index contributed by atoms with van der Waals surface area (Å²) in [5.74, 6) is -2.07. The monoisotopic (exact) mass is 430 g/mol. The minimum Gasteiger partial charge on any atom is -0.426 e. The lowest BCUT2D eigenvalue weighted by atomic mass is 9.85. The van der Waals surface area contributed by atoms with Crippen molar-refractivity contribution in [2.75, 3.05) is 16.3 Å². The van der Waals surface area contributed by atoms with E-state index >= 15 is 0 Å². The number of allylic oxidation sites excluding steroid dienone is 2. The summed E-state index contributed by atoms with van der Waals surface area (Å²) in [4.78, 5) is 53.6. The molecule has 3 atom stereocenters. The largest absolute Gasteiger partial charge is 0.426 e. The van der Waals surface area contributed by atoms with Crippen LogP contribution in [0.15, 0.2) is 66.7 Å². The molecule has 7 nitrogen and oxygen atoms in total. The molecule has 0 unspecified atom stereocenters. The number of carbonyl (C=O) groups is 4. The van der Waals surface area contributed by atoms with Gasteiger partial charge in [0.05, 0.1) is 23.4 Å². The summed E-state index contributed by atoms with van der Waals surface area (Å²) in [6.45, 7) is 0.251. The number of ether oxygens (including phenoxy) is 1. The first-order valence-electron chi connectivity index (χ1n) is 10.7. The number of benzene rings is 2. The number of fused-ring (bicyclic) bond motifs is 1. The molecule has 2 fully saturated rings. The first-order chi connectivity index (χ1) is 15.5. The van der Waals surface area contributed by atoms with Gasteiger partial charge in [0.1, 0.15) is 5.75 Å². The number of carbonyl (C=O) groups excluding carboxylic acids is 4. The van der Waals surface area contributed by atoms with Crippen molar-refractivity contribution in [3.8, 4) is 5.75 Å². The molecule has 5 rings (SSSR count). The Kier molecular flexibility index (Phi) is 5.09. The summed E-state index contributed by atoms with van der Waals surface area (Å²) in [5, 5.41) is 0. The Labute approximate surface area is 185 Å². The zero-order valence-corrected chi connectivity index (χ0v) is 17.3. The van der Waals surface area contributed by atoms with Gasteiger partial charge in [-0.05, 0) is 37.1 Å². The molecular formula is C25H22N2O5. The maximum absolute atomic E-state index is 12.8. The molecule has 0 bridgehead atoms. The van der Waals surface area contributed by atoms with Crippen LogP contribution in [0.25, 0.3) is 0 Å². The highest BCUT2D eigenvalue weighted by Gasteiger charge is 2.48. The number of esters is 1. The third-order valence-electron chi connectivity index (χ3n) is 6.33. The predicted molar refractivity (Wildman–Crippen MR) is 117 cm³/mol. The maximum Gasteiger partial charge on any atom is 0.316 e. The molecule has 3 amide bonds. The highest BCUT2D eigenvalue weighted by atomic mass is 16.5. The summed E-state index contributed by atoms with van der Waals surface area (Å²) < 4.78 is 5.54. The van der Waals surface area contributed by atoms with Crippen LogP contribution in [0, 0.1) is 17.8 Å². The van der Waals surface area contributed by atoms with Crippen molar-refractivity contribution < 1.29 is 23.9 Å². The van der Waals surface area contributed by atoms with Gasteiger partial charge in [-0.15, -0.1) is 0 Å². The van der Waals surface area contributed by atoms with Gasteiger partial charge < -0.3 is 9.64 Å². The molecule has 7 heteroatoms. The second kappa shape index (κ2) is 8.07. The minimum atomic E-state index is -0.588. The molecule has 2 saturated heterocycles. The first kappa shape index (κ1) is 20.2. The Hall–Kier alpha value is -3.74. The van der Waals surface area contributed by atoms with Crippen LogP contribution in [0.2, 0.25) is 0 Å². The van der Waals surface area contributed by atoms with Gasteiger partial charge in [-0.1, -0.05) is 36.4 Å². The topological polar surface area (TPSA) is 84.0 Å². The zero-order valence-electron chi connectivity index (χ0n) is 17.3. The van der Waals surface area contributed by atoms with Crippen molar-refractivity contribution in [1.82, 2.24) is 0 Å². The maximum atomic E-state index is 12.8. The van der Waals surface area contributed by atoms with Crippen molar-refractivity contribution in [3.05, 3.63) is 66.7 Å². The Morgan fingerprint density at radius 3 is 2.19 bits per heavy atom. The van der Waals surface area contributed by atoms with Gasteiger partial charge in [0.15, 0.2) is 0 Å². The van der Waals surface area contributed by atoms with E-state index in [1.54, 1.807) is 23.1 Å². The molecule has 0 radical (unpaired) electrons. The van der Waals surface area contributed by atoms with Crippen molar-refractivity contribution in [2.24, 2.45) is 17.8 Å². The van der Waals surface area contributed by atoms with E-state index < -0.39 is 11.9 Å². The second-order valence-corrected chi connectivity index (χ2v) is 8.33. The van der Waals surface area contributed by atoms with E-state index in [4.69, 9.17) is 4.74 Å². The molecule has 0 saturated carbocycles. The van der Waals surface area contributed by atoms with E-state index in [2.05, 4.69) is 0 Å². The standard InChI is InChI=1S/C25H22N2O5/c28-22-13-16(15-26(22)17-7-2-1-3-8-17)25(31)32-19-10-6-9-18(14-19)27-23(29)20-11-4-5-12-21(20)24(27)30/h1-10,14,16,20-21H,11-13,15H2/t16-,20-,21+/m1/s1. The van der Waals surface area contributed by atoms with Crippen molar-refractivity contribution in [2.45, 2.75) is 19.3 Å². The molecule has 2 aliphatic heterocycles. The fourth-order valence-corrected chi connectivity index (χ4v) is 4.66. The van der Waals surface area contributed by atoms with Crippen LogP contribution >= 0.6 is 0 Å². The van der Waals surface area contributed by atoms with Crippen LogP contribution in [-0.2, 0) is 19.2 Å². The highest BCUT2D eigenvalue weighted by Crippen LogP contribution is 2.38. The van der Waals surface area contributed by atoms with E-state index in [9.17, 15) is 19.2 Å². The second-order valence-electron chi connectivity index (χ2n) is 8.33. The van der Waals surface area contributed by atoms with Crippen molar-refractivity contribution >= 4 is 35.1 Å². The number of nitrogens with zero attached hydrogens (tertiary/aromatic N) is 2. The summed E-state index contributed by atoms with van der Waals surface area (Å²) >= 11 is 0. The summed E-state index contributed by atoms with van der Waals surface area (Å²) in [7, 11) is 0. The Morgan fingerprint density at radius 1 is 0.844 bits per heavy atom. The molecule has 1 aliphatic carbocycles. The lowest BCUT2D eigenvalue weighted by molar-refractivity contribution is -0.139. The lowest BCUT2D eigenvalue weighted by Crippen LogP contribution is -2.31. The Bertz CT molecular complexity index is 1100. The summed E-state index contributed by atoms with van der Waals surface area (Å²) in [6, 6.07) is 15.6. The number of hydrogen-bond donors (Lipinski definition) is 0. The number of imide groups is 1. The molecule has 3 aliphatic rings. The average molecular weight is 430 g/mol. The fraction of sp³-hybridized carbons (Fsp3) is 0.280. The van der Waals surface area contributed by atoms with Crippen molar-refractivity contribution in [1.29, 1.82) is 0 Å². The van der Waals surface area contributed by atoms with Crippen LogP contribution in [0.4, 0.5) is 11.4 Å². The molecule has 2 aromatic carbocycles. The highest BCUT2D eigenvalue weighted by molar-refractivity contribution is 6.22. The lowest BCUT2D eigenvalue weighted by Gasteiger charge is -2.17. The summed E-state index contributed by atoms with van der Waals surface area (Å²) in [6.07, 6.45) is 5.08. The third kappa shape index (κ3) is 3.49. The smallest absolute Gasteiger partial charge is 0.316 e. The van der Waals surface area contributed by atoms with Gasteiger partial charge in [0, 0.05) is 24.7 Å². The van der Waals surface area contributed by atoms with Crippen LogP contribution in [-0.4, -0.2) is 30.2 Å². The number of hydrogen-bond acceptors (Lipinski definition) is 5. The minimum absolute atomic E-state index is 0.0763. The Morgan fingerprint density at radius 2 is 1.50 bits per heavy atom. The quantitative estimate of drug-likeness (QED) is 0.322. The van der Waals surface area contributed by atoms with Gasteiger partial charge in [-0.3, -0.25) is 19.2 Å². The number of amides is 3. The van der Waals surface area contributed by atoms with Crippen LogP contribution < -0.4 is 14.5 Å². The number of rotatable bonds is 4. The molecule has 2 aromatic rings. The van der Waals surface area contributed by atoms with E-state index in [-0.39, 0.29) is 48.3 Å².